The van der Waals surface area contributed by atoms with Gasteiger partial charge in [-0.1, -0.05) is 89.9 Å². The summed E-state index contributed by atoms with van der Waals surface area (Å²) in [4.78, 5) is 51.4. The predicted molar refractivity (Wildman–Crippen MR) is 202 cm³/mol. The SMILES string of the molecule is CC/C1=C/c2ccccc2CN(C(=O)CCC(=O)NCCSSC(C)(C)CC(=O)NCCCCCCOP(=O)([O-])I)c2ccccc21. The van der Waals surface area contributed by atoms with Gasteiger partial charge in [-0.15, -0.1) is 0 Å². The summed E-state index contributed by atoms with van der Waals surface area (Å²) in [5.41, 5.74) is 5.28. The first-order valence-electron chi connectivity index (χ1n) is 16.1. The summed E-state index contributed by atoms with van der Waals surface area (Å²) < 4.78 is 15.4. The van der Waals surface area contributed by atoms with Gasteiger partial charge in [-0.2, -0.15) is 0 Å². The lowest BCUT2D eigenvalue weighted by molar-refractivity contribution is -0.187. The van der Waals surface area contributed by atoms with E-state index in [1.807, 2.05) is 49.1 Å². The summed E-state index contributed by atoms with van der Waals surface area (Å²) in [6.45, 7) is 7.89. The van der Waals surface area contributed by atoms with Crippen LogP contribution in [-0.2, 0) is 30.0 Å². The monoisotopic (exact) mass is 814 g/mol. The number of nitrogens with one attached hydrogen (secondary N) is 2. The molecule has 0 bridgehead atoms. The molecule has 2 aromatic rings. The highest BCUT2D eigenvalue weighted by atomic mass is 127. The van der Waals surface area contributed by atoms with Crippen LogP contribution in [0.2, 0.25) is 0 Å². The van der Waals surface area contributed by atoms with Crippen molar-refractivity contribution in [2.45, 2.75) is 83.4 Å². The zero-order valence-corrected chi connectivity index (χ0v) is 32.1. The number of rotatable bonds is 19. The van der Waals surface area contributed by atoms with Crippen molar-refractivity contribution in [3.8, 4) is 0 Å². The molecular weight excluding hydrogens is 768 g/mol. The zero-order valence-electron chi connectivity index (χ0n) is 27.4. The predicted octanol–water partition coefficient (Wildman–Crippen LogP) is 7.53. The maximum atomic E-state index is 13.5. The number of carbonyl (C=O) groups is 3. The van der Waals surface area contributed by atoms with E-state index in [9.17, 15) is 23.8 Å². The first-order valence-corrected chi connectivity index (χ1v) is 22.7. The van der Waals surface area contributed by atoms with Crippen molar-refractivity contribution < 1.29 is 28.4 Å². The molecule has 0 saturated heterocycles. The van der Waals surface area contributed by atoms with Crippen LogP contribution < -0.4 is 20.4 Å². The summed E-state index contributed by atoms with van der Waals surface area (Å²) in [6.07, 6.45) is 6.90. The fourth-order valence-electron chi connectivity index (χ4n) is 5.17. The van der Waals surface area contributed by atoms with Gasteiger partial charge in [0.25, 0.3) is 0 Å². The summed E-state index contributed by atoms with van der Waals surface area (Å²) in [5, 5.41) is 2.21. The number of hydrogen-bond donors (Lipinski definition) is 2. The van der Waals surface area contributed by atoms with Gasteiger partial charge in [0.05, 0.1) is 18.8 Å². The average molecular weight is 815 g/mol. The van der Waals surface area contributed by atoms with Crippen LogP contribution in [0.25, 0.3) is 11.6 Å². The molecule has 13 heteroatoms. The lowest BCUT2D eigenvalue weighted by atomic mass is 9.93. The Morgan fingerprint density at radius 1 is 0.979 bits per heavy atom. The summed E-state index contributed by atoms with van der Waals surface area (Å²) in [5.74, 6) is 0.444. The number of allylic oxidation sites excluding steroid dienone is 1. The van der Waals surface area contributed by atoms with E-state index in [0.717, 1.165) is 48.1 Å². The number of amides is 3. The van der Waals surface area contributed by atoms with E-state index in [0.29, 0.717) is 38.2 Å². The van der Waals surface area contributed by atoms with Gasteiger partial charge in [0.2, 0.25) is 17.7 Å². The molecule has 1 aliphatic heterocycles. The van der Waals surface area contributed by atoms with Gasteiger partial charge in [0.1, 0.15) is 0 Å². The lowest BCUT2D eigenvalue weighted by Crippen LogP contribution is -2.33. The first kappa shape index (κ1) is 39.6. The summed E-state index contributed by atoms with van der Waals surface area (Å²) >= 11 is 1.30. The highest BCUT2D eigenvalue weighted by molar-refractivity contribution is 14.2. The maximum Gasteiger partial charge on any atom is 0.227 e. The molecule has 1 aliphatic rings. The van der Waals surface area contributed by atoms with Crippen LogP contribution in [0, 0.1) is 0 Å². The van der Waals surface area contributed by atoms with Crippen molar-refractivity contribution in [1.82, 2.24) is 10.6 Å². The van der Waals surface area contributed by atoms with Crippen LogP contribution >= 0.6 is 48.9 Å². The Balaban J connectivity index is 1.34. The Morgan fingerprint density at radius 3 is 2.45 bits per heavy atom. The van der Waals surface area contributed by atoms with E-state index in [-0.39, 0.29) is 41.9 Å². The van der Waals surface area contributed by atoms with Crippen molar-refractivity contribution in [1.29, 1.82) is 0 Å². The third-order valence-corrected chi connectivity index (χ3v) is 12.1. The van der Waals surface area contributed by atoms with Crippen LogP contribution in [0.3, 0.4) is 0 Å². The number of carbonyl (C=O) groups excluding carboxylic acids is 3. The van der Waals surface area contributed by atoms with Crippen molar-refractivity contribution in [2.75, 3.05) is 30.3 Å². The Bertz CT molecular complexity index is 1430. The van der Waals surface area contributed by atoms with Crippen molar-refractivity contribution >= 4 is 83.9 Å². The molecule has 0 saturated carbocycles. The minimum atomic E-state index is -3.68. The normalized spacial score (nSPS) is 15.3. The van der Waals surface area contributed by atoms with E-state index in [1.165, 1.54) is 27.6 Å². The molecular formula is C34H46IN3O6PS2-. The topological polar surface area (TPSA) is 128 Å². The van der Waals surface area contributed by atoms with Gasteiger partial charge in [-0.25, -0.2) is 0 Å². The minimum absolute atomic E-state index is 0.00492. The fraction of sp³-hybridized carbons (Fsp3) is 0.500. The third kappa shape index (κ3) is 14.7. The van der Waals surface area contributed by atoms with Gasteiger partial charge in [0.15, 0.2) is 5.24 Å². The number of anilines is 1. The number of halogens is 1. The summed E-state index contributed by atoms with van der Waals surface area (Å²) in [6, 6.07) is 16.1. The Hall–Kier alpha value is -1.83. The molecule has 3 amide bonds. The van der Waals surface area contributed by atoms with Crippen LogP contribution in [0.15, 0.2) is 48.5 Å². The number of unbranched alkanes of at least 4 members (excludes halogenated alkanes) is 3. The number of para-hydroxylation sites is 1. The number of nitrogens with zero attached hydrogens (tertiary/aromatic N) is 1. The van der Waals surface area contributed by atoms with Gasteiger partial charge in [-0.3, -0.25) is 18.9 Å². The molecule has 3 rings (SSSR count). The molecule has 2 aromatic carbocycles. The smallest absolute Gasteiger partial charge is 0.227 e. The van der Waals surface area contributed by atoms with E-state index < -0.39 is 5.24 Å². The second-order valence-electron chi connectivity index (χ2n) is 11.9. The quantitative estimate of drug-likeness (QED) is 0.0646. The number of hydrogen-bond acceptors (Lipinski definition) is 8. The Kier molecular flexibility index (Phi) is 16.8. The third-order valence-electron chi connectivity index (χ3n) is 7.52. The van der Waals surface area contributed by atoms with Crippen molar-refractivity contribution in [2.24, 2.45) is 0 Å². The molecule has 1 heterocycles. The van der Waals surface area contributed by atoms with Crippen molar-refractivity contribution in [3.63, 3.8) is 0 Å². The molecule has 0 aromatic heterocycles. The van der Waals surface area contributed by atoms with Gasteiger partial charge in [0, 0.05) is 70.5 Å². The molecule has 0 spiro atoms. The molecule has 1 atom stereocenters. The number of fused-ring (bicyclic) bond motifs is 2. The maximum absolute atomic E-state index is 13.5. The van der Waals surface area contributed by atoms with Gasteiger partial charge >= 0.3 is 0 Å². The standard InChI is InChI=1S/C34H47IN3O6PS2/c1-4-26-23-27-13-7-8-14-28(27)25-38(30-16-10-9-15-29(26)30)33(41)18-17-31(39)37-20-22-46-47-34(2,3)24-32(40)36-19-11-5-6-12-21-44-45(35,42)43/h7-10,13-16,23H,4-6,11-12,17-22,24-25H2,1-3H3,(H,36,40)(H,37,39)(H,42,43)/p-1/b26-23-. The molecule has 9 nitrogen and oxygen atoms in total. The lowest BCUT2D eigenvalue weighted by Gasteiger charge is -2.29. The van der Waals surface area contributed by atoms with Crippen LogP contribution in [-0.4, -0.2) is 47.9 Å². The molecule has 0 radical (unpaired) electrons. The van der Waals surface area contributed by atoms with E-state index in [1.54, 1.807) is 21.6 Å². The molecule has 0 aliphatic carbocycles. The zero-order chi connectivity index (χ0) is 34.3. The molecule has 258 valence electrons. The van der Waals surface area contributed by atoms with Gasteiger partial charge < -0.3 is 25.0 Å². The minimum Gasteiger partial charge on any atom is -0.771 e. The van der Waals surface area contributed by atoms with Crippen LogP contribution in [0.1, 0.15) is 88.8 Å². The number of benzene rings is 2. The molecule has 1 unspecified atom stereocenters. The van der Waals surface area contributed by atoms with E-state index in [4.69, 9.17) is 4.52 Å². The molecule has 47 heavy (non-hydrogen) atoms. The summed E-state index contributed by atoms with van der Waals surface area (Å²) in [7, 11) is 3.23. The van der Waals surface area contributed by atoms with Crippen LogP contribution in [0.4, 0.5) is 5.69 Å². The highest BCUT2D eigenvalue weighted by Crippen LogP contribution is 2.46. The first-order chi connectivity index (χ1) is 22.4. The highest BCUT2D eigenvalue weighted by Gasteiger charge is 2.25. The van der Waals surface area contributed by atoms with E-state index in [2.05, 4.69) is 41.8 Å². The largest absolute Gasteiger partial charge is 0.771 e. The fourth-order valence-corrected chi connectivity index (χ4v) is 8.52. The average Bonchev–Trinajstić information content (AvgIpc) is 3.01. The van der Waals surface area contributed by atoms with Gasteiger partial charge in [-0.05, 0) is 55.9 Å². The Labute approximate surface area is 300 Å². The molecule has 0 fully saturated rings. The van der Waals surface area contributed by atoms with Crippen molar-refractivity contribution in [3.05, 3.63) is 65.2 Å². The van der Waals surface area contributed by atoms with E-state index >= 15 is 0 Å². The van der Waals surface area contributed by atoms with Crippen LogP contribution in [0.5, 0.6) is 0 Å². The second-order valence-corrected chi connectivity index (χ2v) is 19.7. The molecule has 2 N–H and O–H groups in total. The Morgan fingerprint density at radius 2 is 1.68 bits per heavy atom. The second kappa shape index (κ2) is 20.0.